The minimum absolute atomic E-state index is 0.184. The summed E-state index contributed by atoms with van der Waals surface area (Å²) in [5.74, 6) is 1.87. The second kappa shape index (κ2) is 8.19. The molecule has 9 heteroatoms. The first kappa shape index (κ1) is 20.0. The van der Waals surface area contributed by atoms with Gasteiger partial charge in [0.2, 0.25) is 0 Å². The van der Waals surface area contributed by atoms with Crippen LogP contribution < -0.4 is 10.8 Å². The Labute approximate surface area is 174 Å². The molecule has 0 radical (unpaired) electrons. The predicted molar refractivity (Wildman–Crippen MR) is 114 cm³/mol. The molecule has 0 bridgehead atoms. The third-order valence-corrected chi connectivity index (χ3v) is 5.31. The largest absolute Gasteiger partial charge is 0.383 e. The van der Waals surface area contributed by atoms with Gasteiger partial charge in [0.05, 0.1) is 18.0 Å². The summed E-state index contributed by atoms with van der Waals surface area (Å²) in [5, 5.41) is 28.2. The Balaban J connectivity index is 1.53. The van der Waals surface area contributed by atoms with Crippen LogP contribution in [0.1, 0.15) is 36.4 Å². The Kier molecular flexibility index (Phi) is 5.45. The molecule has 156 valence electrons. The van der Waals surface area contributed by atoms with E-state index in [-0.39, 0.29) is 11.3 Å². The van der Waals surface area contributed by atoms with E-state index in [1.54, 1.807) is 26.2 Å². The molecular formula is C21H26N8O. The summed E-state index contributed by atoms with van der Waals surface area (Å²) in [6, 6.07) is 9.70. The number of nitrogens with zero attached hydrogens (tertiary/aromatic N) is 5. The second-order valence-electron chi connectivity index (χ2n) is 7.52. The Morgan fingerprint density at radius 2 is 2.07 bits per heavy atom. The van der Waals surface area contributed by atoms with Gasteiger partial charge in [-0.3, -0.25) is 15.5 Å². The van der Waals surface area contributed by atoms with E-state index in [4.69, 9.17) is 20.7 Å². The van der Waals surface area contributed by atoms with Crippen LogP contribution in [0.2, 0.25) is 0 Å². The zero-order chi connectivity index (χ0) is 21.3. The van der Waals surface area contributed by atoms with E-state index in [9.17, 15) is 0 Å². The fraction of sp³-hybridized carbons (Fsp3) is 0.381. The van der Waals surface area contributed by atoms with Gasteiger partial charge in [0.15, 0.2) is 0 Å². The molecule has 0 amide bonds. The molecule has 1 saturated carbocycles. The number of anilines is 1. The standard InChI is InChI=1S/C21H26N8O/c1-13(22)29-20(23)5-4-17(27-29)19-12-18(26-28(19)2)16-11-15(16)14-6-7-24-21(10-14)25-8-9-30-3/h4-7,10,12,15-16,22-23H,8-9,11H2,1-3H3,(H,24,25). The summed E-state index contributed by atoms with van der Waals surface area (Å²) < 4.78 is 8.22. The molecule has 0 aromatic carbocycles. The van der Waals surface area contributed by atoms with Gasteiger partial charge >= 0.3 is 0 Å². The maximum atomic E-state index is 7.91. The SMILES string of the molecule is COCCNc1cc(C2CC2c2cc(-c3ccc(=N)n(C(C)=N)n3)n(C)n2)ccn1. The fourth-order valence-corrected chi connectivity index (χ4v) is 3.67. The molecule has 3 aromatic heterocycles. The molecule has 0 spiro atoms. The van der Waals surface area contributed by atoms with E-state index < -0.39 is 0 Å². The number of hydrogen-bond donors (Lipinski definition) is 3. The molecule has 4 rings (SSSR count). The molecule has 0 aliphatic heterocycles. The Bertz CT molecular complexity index is 1130. The highest BCUT2D eigenvalue weighted by Crippen LogP contribution is 2.54. The molecule has 2 unspecified atom stereocenters. The van der Waals surface area contributed by atoms with Crippen molar-refractivity contribution in [3.05, 3.63) is 53.3 Å². The topological polar surface area (TPSA) is 117 Å². The Hall–Kier alpha value is -3.33. The lowest BCUT2D eigenvalue weighted by Crippen LogP contribution is -2.27. The van der Waals surface area contributed by atoms with Crippen molar-refractivity contribution in [2.75, 3.05) is 25.6 Å². The molecule has 2 atom stereocenters. The summed E-state index contributed by atoms with van der Waals surface area (Å²) in [5.41, 5.74) is 4.06. The first-order chi connectivity index (χ1) is 14.5. The minimum atomic E-state index is 0.184. The van der Waals surface area contributed by atoms with Gasteiger partial charge in [-0.25, -0.2) is 9.67 Å². The number of methoxy groups -OCH3 is 1. The number of aromatic nitrogens is 5. The van der Waals surface area contributed by atoms with Crippen LogP contribution >= 0.6 is 0 Å². The van der Waals surface area contributed by atoms with Crippen LogP contribution in [0.25, 0.3) is 11.4 Å². The van der Waals surface area contributed by atoms with Crippen molar-refractivity contribution < 1.29 is 4.74 Å². The van der Waals surface area contributed by atoms with Crippen molar-refractivity contribution in [2.45, 2.75) is 25.2 Å². The highest BCUT2D eigenvalue weighted by molar-refractivity contribution is 5.77. The third kappa shape index (κ3) is 4.02. The predicted octanol–water partition coefficient (Wildman–Crippen LogP) is 2.33. The first-order valence-corrected chi connectivity index (χ1v) is 9.91. The molecule has 1 aliphatic rings. The number of aryl methyl sites for hydroxylation is 1. The lowest BCUT2D eigenvalue weighted by Gasteiger charge is -2.06. The van der Waals surface area contributed by atoms with Crippen LogP contribution in [-0.4, -0.2) is 50.6 Å². The summed E-state index contributed by atoms with van der Waals surface area (Å²) in [6.45, 7) is 2.98. The van der Waals surface area contributed by atoms with E-state index in [0.29, 0.717) is 24.1 Å². The van der Waals surface area contributed by atoms with Crippen molar-refractivity contribution in [1.29, 1.82) is 10.8 Å². The molecule has 9 nitrogen and oxygen atoms in total. The zero-order valence-electron chi connectivity index (χ0n) is 17.4. The molecule has 3 heterocycles. The highest BCUT2D eigenvalue weighted by Gasteiger charge is 2.41. The number of pyridine rings is 1. The van der Waals surface area contributed by atoms with Crippen LogP contribution in [0.5, 0.6) is 0 Å². The van der Waals surface area contributed by atoms with Gasteiger partial charge in [-0.05, 0) is 55.2 Å². The van der Waals surface area contributed by atoms with E-state index in [1.807, 2.05) is 17.9 Å². The van der Waals surface area contributed by atoms with Crippen molar-refractivity contribution >= 4 is 11.7 Å². The molecule has 3 N–H and O–H groups in total. The molecule has 3 aromatic rings. The second-order valence-corrected chi connectivity index (χ2v) is 7.52. The van der Waals surface area contributed by atoms with Crippen molar-refractivity contribution in [2.24, 2.45) is 7.05 Å². The number of ether oxygens (including phenoxy) is 1. The van der Waals surface area contributed by atoms with E-state index >= 15 is 0 Å². The molecule has 30 heavy (non-hydrogen) atoms. The molecule has 1 fully saturated rings. The minimum Gasteiger partial charge on any atom is -0.383 e. The van der Waals surface area contributed by atoms with Crippen LogP contribution in [0, 0.1) is 10.8 Å². The maximum absolute atomic E-state index is 7.91. The Morgan fingerprint density at radius 3 is 2.83 bits per heavy atom. The Morgan fingerprint density at radius 1 is 1.23 bits per heavy atom. The fourth-order valence-electron chi connectivity index (χ4n) is 3.67. The van der Waals surface area contributed by atoms with Gasteiger partial charge < -0.3 is 10.1 Å². The van der Waals surface area contributed by atoms with Crippen LogP contribution in [-0.2, 0) is 11.8 Å². The van der Waals surface area contributed by atoms with Crippen molar-refractivity contribution in [1.82, 2.24) is 24.5 Å². The average molecular weight is 406 g/mol. The van der Waals surface area contributed by atoms with Gasteiger partial charge in [0.1, 0.15) is 22.8 Å². The normalized spacial score (nSPS) is 17.7. The molecular weight excluding hydrogens is 380 g/mol. The highest BCUT2D eigenvalue weighted by atomic mass is 16.5. The number of nitrogens with one attached hydrogen (secondary N) is 3. The van der Waals surface area contributed by atoms with E-state index in [2.05, 4.69) is 33.6 Å². The molecule has 0 saturated heterocycles. The van der Waals surface area contributed by atoms with Gasteiger partial charge in [-0.2, -0.15) is 10.2 Å². The van der Waals surface area contributed by atoms with Gasteiger partial charge in [0.25, 0.3) is 0 Å². The lowest BCUT2D eigenvalue weighted by molar-refractivity contribution is 0.210. The van der Waals surface area contributed by atoms with Crippen LogP contribution in [0.15, 0.2) is 36.5 Å². The van der Waals surface area contributed by atoms with E-state index in [0.717, 1.165) is 30.2 Å². The monoisotopic (exact) mass is 406 g/mol. The third-order valence-electron chi connectivity index (χ3n) is 5.31. The summed E-state index contributed by atoms with van der Waals surface area (Å²) in [4.78, 5) is 4.38. The lowest BCUT2D eigenvalue weighted by atomic mass is 10.1. The molecule has 1 aliphatic carbocycles. The van der Waals surface area contributed by atoms with Gasteiger partial charge in [-0.15, -0.1) is 0 Å². The maximum Gasteiger partial charge on any atom is 0.148 e. The average Bonchev–Trinajstić information content (AvgIpc) is 3.44. The smallest absolute Gasteiger partial charge is 0.148 e. The van der Waals surface area contributed by atoms with Crippen LogP contribution in [0.3, 0.4) is 0 Å². The van der Waals surface area contributed by atoms with Crippen molar-refractivity contribution in [3.63, 3.8) is 0 Å². The quantitative estimate of drug-likeness (QED) is 0.316. The zero-order valence-corrected chi connectivity index (χ0v) is 17.4. The van der Waals surface area contributed by atoms with E-state index in [1.165, 1.54) is 10.2 Å². The summed E-state index contributed by atoms with van der Waals surface area (Å²) in [7, 11) is 3.59. The first-order valence-electron chi connectivity index (χ1n) is 9.91. The summed E-state index contributed by atoms with van der Waals surface area (Å²) >= 11 is 0. The number of rotatable bonds is 7. The summed E-state index contributed by atoms with van der Waals surface area (Å²) in [6.07, 6.45) is 2.89. The van der Waals surface area contributed by atoms with Gasteiger partial charge in [0, 0.05) is 32.8 Å². The number of hydrogen-bond acceptors (Lipinski definition) is 7. The van der Waals surface area contributed by atoms with Crippen LogP contribution in [0.4, 0.5) is 5.82 Å². The van der Waals surface area contributed by atoms with Crippen molar-refractivity contribution in [3.8, 4) is 11.4 Å². The van der Waals surface area contributed by atoms with Gasteiger partial charge in [-0.1, -0.05) is 0 Å².